The quantitative estimate of drug-likeness (QED) is 0.105. The first-order chi connectivity index (χ1) is 19.4. The minimum absolute atomic E-state index is 0. The lowest BCUT2D eigenvalue weighted by Gasteiger charge is -2.27. The highest BCUT2D eigenvalue weighted by atomic mass is 35.5. The van der Waals surface area contributed by atoms with E-state index in [9.17, 15) is 4.79 Å². The average molecular weight is 613 g/mol. The maximum atomic E-state index is 12.8. The van der Waals surface area contributed by atoms with Crippen LogP contribution in [0.2, 0.25) is 0 Å². The number of ether oxygens (including phenoxy) is 2. The Morgan fingerprint density at radius 3 is 2.34 bits per heavy atom. The van der Waals surface area contributed by atoms with Crippen molar-refractivity contribution in [3.05, 3.63) is 24.3 Å². The van der Waals surface area contributed by atoms with Crippen molar-refractivity contribution >= 4 is 35.7 Å². The fourth-order valence-corrected chi connectivity index (χ4v) is 5.15. The summed E-state index contributed by atoms with van der Waals surface area (Å²) in [5.74, 6) is 1.81. The van der Waals surface area contributed by atoms with Crippen molar-refractivity contribution in [1.29, 1.82) is 0 Å². The van der Waals surface area contributed by atoms with E-state index >= 15 is 0 Å². The standard InChI is InChI=1S/C32H56N4O3S.ClH/c1-5-6-7-8-9-10-11-12-13-14-15-16-17-18-19-20-29(37)25-28(26-33-32(2,3)4)27-39-31-30(34-40-35-31)36-21-23-38-24-22-36;/h9-10,12-13,28,33H,5-8,11,14-27H2,1-4H3;1H/b10-9-,13-12-;/t28-;/m0./s1. The molecule has 236 valence electrons. The molecular formula is C32H57ClN4O3S. The molecule has 0 spiro atoms. The maximum absolute atomic E-state index is 12.8. The van der Waals surface area contributed by atoms with Crippen LogP contribution in [0.1, 0.15) is 111 Å². The average Bonchev–Trinajstić information content (AvgIpc) is 3.41. The molecule has 1 N–H and O–H groups in total. The number of halogens is 1. The Labute approximate surface area is 260 Å². The molecule has 1 aliphatic heterocycles. The minimum Gasteiger partial charge on any atom is -0.474 e. The summed E-state index contributed by atoms with van der Waals surface area (Å²) in [6.45, 7) is 12.9. The molecule has 1 fully saturated rings. The van der Waals surface area contributed by atoms with Crippen LogP contribution < -0.4 is 15.0 Å². The molecule has 7 nitrogen and oxygen atoms in total. The zero-order chi connectivity index (χ0) is 28.9. The molecule has 2 heterocycles. The van der Waals surface area contributed by atoms with Crippen LogP contribution >= 0.6 is 24.1 Å². The summed E-state index contributed by atoms with van der Waals surface area (Å²) in [6, 6.07) is 0. The largest absolute Gasteiger partial charge is 0.474 e. The van der Waals surface area contributed by atoms with Gasteiger partial charge in [-0.25, -0.2) is 0 Å². The lowest BCUT2D eigenvalue weighted by atomic mass is 9.98. The van der Waals surface area contributed by atoms with Gasteiger partial charge in [-0.3, -0.25) is 4.79 Å². The van der Waals surface area contributed by atoms with Gasteiger partial charge in [0.05, 0.1) is 31.5 Å². The van der Waals surface area contributed by atoms with Crippen LogP contribution in [0.3, 0.4) is 0 Å². The highest BCUT2D eigenvalue weighted by molar-refractivity contribution is 6.99. The number of ketones is 1. The molecule has 9 heteroatoms. The second-order valence-corrected chi connectivity index (χ2v) is 12.6. The number of anilines is 1. The monoisotopic (exact) mass is 612 g/mol. The summed E-state index contributed by atoms with van der Waals surface area (Å²) in [5.41, 5.74) is -0.0113. The fourth-order valence-electron chi connectivity index (χ4n) is 4.63. The van der Waals surface area contributed by atoms with Gasteiger partial charge in [-0.1, -0.05) is 63.3 Å². The normalized spacial score (nSPS) is 15.0. The summed E-state index contributed by atoms with van der Waals surface area (Å²) in [7, 11) is 0. The number of nitrogens with zero attached hydrogens (tertiary/aromatic N) is 3. The summed E-state index contributed by atoms with van der Waals surface area (Å²) in [4.78, 5) is 15.0. The molecule has 0 aliphatic carbocycles. The number of Topliss-reactive ketones (excluding diaryl/α,β-unsaturated/α-hetero) is 1. The van der Waals surface area contributed by atoms with Gasteiger partial charge in [0.1, 0.15) is 5.78 Å². The van der Waals surface area contributed by atoms with E-state index in [-0.39, 0.29) is 23.9 Å². The molecule has 1 saturated heterocycles. The lowest BCUT2D eigenvalue weighted by Crippen LogP contribution is -2.41. The molecule has 1 aliphatic rings. The zero-order valence-corrected chi connectivity index (χ0v) is 27.8. The highest BCUT2D eigenvalue weighted by Gasteiger charge is 2.23. The van der Waals surface area contributed by atoms with E-state index in [2.05, 4.69) is 71.0 Å². The van der Waals surface area contributed by atoms with E-state index in [1.807, 2.05) is 0 Å². The van der Waals surface area contributed by atoms with Crippen molar-refractivity contribution in [2.45, 2.75) is 117 Å². The third kappa shape index (κ3) is 18.6. The Morgan fingerprint density at radius 1 is 1.00 bits per heavy atom. The van der Waals surface area contributed by atoms with Crippen LogP contribution in [0.25, 0.3) is 0 Å². The first-order valence-corrected chi connectivity index (χ1v) is 16.5. The Morgan fingerprint density at radius 2 is 1.66 bits per heavy atom. The van der Waals surface area contributed by atoms with Gasteiger partial charge in [0.2, 0.25) is 5.82 Å². The topological polar surface area (TPSA) is 76.6 Å². The number of allylic oxidation sites excluding steroid dienone is 4. The number of hydrogen-bond donors (Lipinski definition) is 1. The number of rotatable bonds is 22. The van der Waals surface area contributed by atoms with E-state index in [1.54, 1.807) is 0 Å². The van der Waals surface area contributed by atoms with Gasteiger partial charge in [0.15, 0.2) is 0 Å². The number of unbranched alkanes of at least 4 members (excludes halogenated alkanes) is 8. The number of carbonyl (C=O) groups excluding carboxylic acids is 1. The van der Waals surface area contributed by atoms with Crippen molar-refractivity contribution in [2.24, 2.45) is 5.92 Å². The summed E-state index contributed by atoms with van der Waals surface area (Å²) in [6.07, 6.45) is 23.6. The molecule has 1 aromatic heterocycles. The molecule has 41 heavy (non-hydrogen) atoms. The molecule has 0 aromatic carbocycles. The summed E-state index contributed by atoms with van der Waals surface area (Å²) < 4.78 is 20.4. The van der Waals surface area contributed by atoms with Crippen LogP contribution in [0.15, 0.2) is 24.3 Å². The molecule has 1 atom stereocenters. The highest BCUT2D eigenvalue weighted by Crippen LogP contribution is 2.27. The van der Waals surface area contributed by atoms with Gasteiger partial charge < -0.3 is 19.7 Å². The predicted molar refractivity (Wildman–Crippen MR) is 176 cm³/mol. The Kier molecular flexibility index (Phi) is 21.1. The molecule has 0 unspecified atom stereocenters. The third-order valence-corrected chi connectivity index (χ3v) is 7.55. The van der Waals surface area contributed by atoms with Crippen molar-refractivity contribution < 1.29 is 14.3 Å². The predicted octanol–water partition coefficient (Wildman–Crippen LogP) is 7.95. The summed E-state index contributed by atoms with van der Waals surface area (Å²) >= 11 is 1.17. The molecular weight excluding hydrogens is 556 g/mol. The molecule has 0 bridgehead atoms. The van der Waals surface area contributed by atoms with E-state index in [0.29, 0.717) is 44.3 Å². The van der Waals surface area contributed by atoms with Crippen LogP contribution in [0.5, 0.6) is 5.88 Å². The van der Waals surface area contributed by atoms with E-state index in [1.165, 1.54) is 56.7 Å². The number of carbonyl (C=O) groups is 1. The fraction of sp³-hybridized carbons (Fsp3) is 0.781. The van der Waals surface area contributed by atoms with Crippen molar-refractivity contribution in [2.75, 3.05) is 44.4 Å². The van der Waals surface area contributed by atoms with Gasteiger partial charge in [-0.05, 0) is 59.3 Å². The van der Waals surface area contributed by atoms with E-state index in [4.69, 9.17) is 9.47 Å². The van der Waals surface area contributed by atoms with Crippen LogP contribution in [-0.4, -0.2) is 59.5 Å². The van der Waals surface area contributed by atoms with Crippen LogP contribution in [-0.2, 0) is 9.53 Å². The Balaban J connectivity index is 0.00000840. The van der Waals surface area contributed by atoms with E-state index in [0.717, 1.165) is 51.1 Å². The van der Waals surface area contributed by atoms with Crippen LogP contribution in [0, 0.1) is 5.92 Å². The number of aromatic nitrogens is 2. The van der Waals surface area contributed by atoms with Gasteiger partial charge in [0, 0.05) is 43.9 Å². The van der Waals surface area contributed by atoms with Gasteiger partial charge in [-0.2, -0.15) is 4.37 Å². The van der Waals surface area contributed by atoms with Crippen molar-refractivity contribution in [3.8, 4) is 5.88 Å². The second-order valence-electron chi connectivity index (χ2n) is 12.0. The number of nitrogens with one attached hydrogen (secondary N) is 1. The van der Waals surface area contributed by atoms with Gasteiger partial charge >= 0.3 is 0 Å². The first kappa shape index (κ1) is 37.5. The second kappa shape index (κ2) is 23.0. The SMILES string of the molecule is CCCCC/C=C\C/C=C\CCCCCCCC(=O)C[C@@H](CNC(C)(C)C)COc1nsnc1N1CCOCC1.Cl. The lowest BCUT2D eigenvalue weighted by molar-refractivity contribution is -0.120. The Bertz CT molecular complexity index is 850. The number of hydrogen-bond acceptors (Lipinski definition) is 8. The molecule has 2 rings (SSSR count). The van der Waals surface area contributed by atoms with Crippen molar-refractivity contribution in [1.82, 2.24) is 14.1 Å². The van der Waals surface area contributed by atoms with Gasteiger partial charge in [0.25, 0.3) is 5.88 Å². The van der Waals surface area contributed by atoms with Gasteiger partial charge in [-0.15, -0.1) is 16.8 Å². The third-order valence-electron chi connectivity index (χ3n) is 7.05. The number of morpholine rings is 1. The van der Waals surface area contributed by atoms with Crippen molar-refractivity contribution in [3.63, 3.8) is 0 Å². The zero-order valence-electron chi connectivity index (χ0n) is 26.2. The van der Waals surface area contributed by atoms with Crippen LogP contribution in [0.4, 0.5) is 5.82 Å². The Hall–Kier alpha value is -1.48. The molecule has 0 saturated carbocycles. The minimum atomic E-state index is -0.0113. The molecule has 0 radical (unpaired) electrons. The molecule has 0 amide bonds. The van der Waals surface area contributed by atoms with E-state index < -0.39 is 0 Å². The first-order valence-electron chi connectivity index (χ1n) is 15.7. The maximum Gasteiger partial charge on any atom is 0.270 e. The summed E-state index contributed by atoms with van der Waals surface area (Å²) in [5, 5.41) is 3.56. The molecule has 1 aromatic rings. The smallest absolute Gasteiger partial charge is 0.270 e.